The van der Waals surface area contributed by atoms with Crippen LogP contribution in [0.15, 0.2) is 133 Å². The van der Waals surface area contributed by atoms with Gasteiger partial charge in [0, 0.05) is 0 Å². The minimum absolute atomic E-state index is 0.969. The van der Waals surface area contributed by atoms with E-state index in [9.17, 15) is 0 Å². The molecule has 0 amide bonds. The molecule has 2 aliphatic carbocycles. The minimum atomic E-state index is 0.969. The summed E-state index contributed by atoms with van der Waals surface area (Å²) in [7, 11) is 0. The Kier molecular flexibility index (Phi) is 3.96. The van der Waals surface area contributed by atoms with Gasteiger partial charge in [0.2, 0.25) is 0 Å². The highest BCUT2D eigenvalue weighted by molar-refractivity contribution is 6.61. The Morgan fingerprint density at radius 2 is 0.554 bits per heavy atom. The van der Waals surface area contributed by atoms with Gasteiger partial charge in [-0.05, 0) is 199 Å². The lowest BCUT2D eigenvalue weighted by Gasteiger charge is -2.30. The Balaban J connectivity index is 1.33. The molecule has 0 radical (unpaired) electrons. The van der Waals surface area contributed by atoms with Crippen molar-refractivity contribution in [2.75, 3.05) is 0 Å². The van der Waals surface area contributed by atoms with E-state index in [1.165, 1.54) is 174 Å². The second kappa shape index (κ2) is 8.30. The Labute approximate surface area is 318 Å². The van der Waals surface area contributed by atoms with Crippen molar-refractivity contribution in [3.63, 3.8) is 0 Å². The smallest absolute Gasteiger partial charge is 0.0000361 e. The first-order valence-corrected chi connectivity index (χ1v) is 20.2. The van der Waals surface area contributed by atoms with Crippen molar-refractivity contribution in [3.8, 4) is 22.3 Å². The number of hydrogen-bond acceptors (Lipinski definition) is 0. The van der Waals surface area contributed by atoms with E-state index in [0.29, 0.717) is 0 Å². The molecule has 0 bridgehead atoms. The first kappa shape index (κ1) is 26.7. The summed E-state index contributed by atoms with van der Waals surface area (Å²) in [6.45, 7) is 0. The Morgan fingerprint density at radius 1 is 0.214 bits per heavy atom. The molecule has 0 saturated heterocycles. The second-order valence-electron chi connectivity index (χ2n) is 17.2. The fraction of sp³-hybridized carbons (Fsp3) is 0.0357. The van der Waals surface area contributed by atoms with Crippen molar-refractivity contribution in [1.29, 1.82) is 0 Å². The molecule has 0 heterocycles. The molecule has 15 aromatic carbocycles. The number of fused-ring (bicyclic) bond motifs is 14. The van der Waals surface area contributed by atoms with Crippen molar-refractivity contribution in [1.82, 2.24) is 0 Å². The third-order valence-corrected chi connectivity index (χ3v) is 15.2. The second-order valence-corrected chi connectivity index (χ2v) is 17.2. The Morgan fingerprint density at radius 3 is 1.04 bits per heavy atom. The van der Waals surface area contributed by atoms with Crippen molar-refractivity contribution >= 4 is 129 Å². The molecule has 0 aromatic heterocycles. The molecule has 17 rings (SSSR count). The quantitative estimate of drug-likeness (QED) is 0.109. The van der Waals surface area contributed by atoms with Crippen LogP contribution >= 0.6 is 0 Å². The van der Waals surface area contributed by atoms with Crippen LogP contribution in [0.5, 0.6) is 0 Å². The molecule has 15 aromatic rings. The lowest BCUT2D eigenvalue weighted by molar-refractivity contribution is 1.29. The number of rotatable bonds is 0. The van der Waals surface area contributed by atoms with Crippen molar-refractivity contribution in [2.45, 2.75) is 12.8 Å². The average Bonchev–Trinajstić information content (AvgIpc) is 3.82. The predicted octanol–water partition coefficient (Wildman–Crippen LogP) is 15.3. The van der Waals surface area contributed by atoms with Gasteiger partial charge in [0.1, 0.15) is 0 Å². The molecule has 0 nitrogen and oxygen atoms in total. The van der Waals surface area contributed by atoms with E-state index in [1.807, 2.05) is 0 Å². The molecule has 0 unspecified atom stereocenters. The molecule has 0 atom stereocenters. The number of benzene rings is 15. The molecule has 0 N–H and O–H groups in total. The third-order valence-electron chi connectivity index (χ3n) is 15.2. The molecule has 0 aliphatic heterocycles. The van der Waals surface area contributed by atoms with Crippen LogP contribution in [0.2, 0.25) is 0 Å². The molecule has 0 heteroatoms. The summed E-state index contributed by atoms with van der Waals surface area (Å²) >= 11 is 0. The largest absolute Gasteiger partial charge is 0.0619 e. The van der Waals surface area contributed by atoms with E-state index >= 15 is 0 Å². The molecule has 0 fully saturated rings. The van der Waals surface area contributed by atoms with Gasteiger partial charge in [-0.3, -0.25) is 0 Å². The van der Waals surface area contributed by atoms with Crippen LogP contribution in [-0.2, 0) is 12.8 Å². The number of hydrogen-bond donors (Lipinski definition) is 0. The van der Waals surface area contributed by atoms with E-state index in [2.05, 4.69) is 133 Å². The minimum Gasteiger partial charge on any atom is -0.0619 e. The standard InChI is InChI=1S/C56H26/c1-3-11-27-26(10-1)22-40-37(27)23-41-35-19-7-17-32-31-15-5-13-29-30-14-6-16-33-34-18-8-20-36-46(34)54-52(44(30)33)51(43(29)31)53(45(32)35)55-49(41)48(40)42-24-38-28-12-4-2-9-25(28)21-39(38)47(36)50(42)56(54)55/h1-20,23-24H,21-22H2. The van der Waals surface area contributed by atoms with Gasteiger partial charge in [-0.15, -0.1) is 0 Å². The van der Waals surface area contributed by atoms with Crippen molar-refractivity contribution in [2.24, 2.45) is 0 Å². The first-order chi connectivity index (χ1) is 27.8. The highest BCUT2D eigenvalue weighted by atomic mass is 14.4. The van der Waals surface area contributed by atoms with Crippen molar-refractivity contribution < 1.29 is 0 Å². The maximum Gasteiger partial charge on any atom is -0.0000361 e. The average molecular weight is 699 g/mol. The summed E-state index contributed by atoms with van der Waals surface area (Å²) in [6.07, 6.45) is 1.94. The zero-order valence-electron chi connectivity index (χ0n) is 30.1. The predicted molar refractivity (Wildman–Crippen MR) is 240 cm³/mol. The van der Waals surface area contributed by atoms with Gasteiger partial charge in [-0.25, -0.2) is 0 Å². The van der Waals surface area contributed by atoms with Crippen LogP contribution in [0, 0.1) is 0 Å². The van der Waals surface area contributed by atoms with Gasteiger partial charge in [0.05, 0.1) is 0 Å². The summed E-state index contributed by atoms with van der Waals surface area (Å²) < 4.78 is 0. The van der Waals surface area contributed by atoms with Crippen LogP contribution in [0.25, 0.3) is 152 Å². The van der Waals surface area contributed by atoms with Crippen LogP contribution in [0.4, 0.5) is 0 Å². The Hall–Kier alpha value is -7.02. The van der Waals surface area contributed by atoms with Crippen molar-refractivity contribution in [3.05, 3.63) is 156 Å². The van der Waals surface area contributed by atoms with E-state index in [0.717, 1.165) is 12.8 Å². The monoisotopic (exact) mass is 698 g/mol. The van der Waals surface area contributed by atoms with E-state index in [1.54, 1.807) is 0 Å². The summed E-state index contributed by atoms with van der Waals surface area (Å²) in [6, 6.07) is 52.3. The molecule has 0 spiro atoms. The SMILES string of the molecule is c1ccc2c(c1)Cc1c-2cc2c3cccc4c5cccc6c7cccc8c9cccc%10c%11c%12c(cc%13c1c2c1c(c43)c(c65)c(c78)c(c9%10)c1c%13%11)-c1ccccc1C%12. The molecular weight excluding hydrogens is 673 g/mol. The fourth-order valence-electron chi connectivity index (χ4n) is 13.4. The van der Waals surface area contributed by atoms with Gasteiger partial charge in [0.15, 0.2) is 0 Å². The highest BCUT2D eigenvalue weighted by Gasteiger charge is 2.35. The lowest BCUT2D eigenvalue weighted by Crippen LogP contribution is -2.02. The summed E-state index contributed by atoms with van der Waals surface area (Å²) in [4.78, 5) is 0. The third kappa shape index (κ3) is 2.51. The van der Waals surface area contributed by atoms with Crippen LogP contribution in [0.3, 0.4) is 0 Å². The van der Waals surface area contributed by atoms with Gasteiger partial charge >= 0.3 is 0 Å². The molecule has 0 saturated carbocycles. The van der Waals surface area contributed by atoms with Gasteiger partial charge in [-0.1, -0.05) is 121 Å². The summed E-state index contributed by atoms with van der Waals surface area (Å²) in [5, 5.41) is 34.5. The maximum atomic E-state index is 2.65. The van der Waals surface area contributed by atoms with E-state index < -0.39 is 0 Å². The van der Waals surface area contributed by atoms with Gasteiger partial charge in [0.25, 0.3) is 0 Å². The molecule has 250 valence electrons. The lowest BCUT2D eigenvalue weighted by atomic mass is 9.72. The molecule has 56 heavy (non-hydrogen) atoms. The van der Waals surface area contributed by atoms with Crippen LogP contribution in [0.1, 0.15) is 22.3 Å². The van der Waals surface area contributed by atoms with Crippen LogP contribution in [-0.4, -0.2) is 0 Å². The fourth-order valence-corrected chi connectivity index (χ4v) is 13.4. The zero-order chi connectivity index (χ0) is 35.4. The van der Waals surface area contributed by atoms with Gasteiger partial charge < -0.3 is 0 Å². The normalized spacial score (nSPS) is 14.3. The first-order valence-electron chi connectivity index (χ1n) is 20.2. The molecular formula is C56H26. The van der Waals surface area contributed by atoms with E-state index in [4.69, 9.17) is 0 Å². The summed E-state index contributed by atoms with van der Waals surface area (Å²) in [5.41, 5.74) is 11.6. The van der Waals surface area contributed by atoms with Gasteiger partial charge in [-0.2, -0.15) is 0 Å². The summed E-state index contributed by atoms with van der Waals surface area (Å²) in [5.74, 6) is 0. The van der Waals surface area contributed by atoms with E-state index in [-0.39, 0.29) is 0 Å². The zero-order valence-corrected chi connectivity index (χ0v) is 30.1. The maximum absolute atomic E-state index is 2.65. The highest BCUT2D eigenvalue weighted by Crippen LogP contribution is 2.62. The Bertz CT molecular complexity index is 4270. The van der Waals surface area contributed by atoms with Crippen LogP contribution < -0.4 is 0 Å². The molecule has 2 aliphatic rings. The topological polar surface area (TPSA) is 0 Å².